The SMILES string of the molecule is CCCCCCCCC(N=[N+]=[N-])[Si](OC)(OC)OC. The van der Waals surface area contributed by atoms with Crippen LogP contribution in [-0.2, 0) is 13.3 Å². The van der Waals surface area contributed by atoms with E-state index in [1.54, 1.807) is 21.3 Å². The Balaban J connectivity index is 4.29. The van der Waals surface area contributed by atoms with Gasteiger partial charge in [-0.25, -0.2) is 0 Å². The third-order valence-electron chi connectivity index (χ3n) is 3.28. The van der Waals surface area contributed by atoms with Crippen LogP contribution in [0.5, 0.6) is 0 Å². The first kappa shape index (κ1) is 18.4. The molecule has 0 aliphatic carbocycles. The Labute approximate surface area is 117 Å². The van der Waals surface area contributed by atoms with Crippen molar-refractivity contribution in [2.24, 2.45) is 5.11 Å². The standard InChI is InChI=1S/C12H27N3O3Si/c1-5-6-7-8-9-10-11-12(14-15-13)19(16-2,17-3)18-4/h12H,5-11H2,1-4H3. The summed E-state index contributed by atoms with van der Waals surface area (Å²) < 4.78 is 16.1. The van der Waals surface area contributed by atoms with Crippen LogP contribution in [0, 0.1) is 0 Å². The van der Waals surface area contributed by atoms with E-state index in [-0.39, 0.29) is 5.67 Å². The van der Waals surface area contributed by atoms with Gasteiger partial charge in [-0.05, 0) is 12.0 Å². The van der Waals surface area contributed by atoms with Crippen molar-refractivity contribution < 1.29 is 13.3 Å². The minimum Gasteiger partial charge on any atom is -0.377 e. The average molecular weight is 289 g/mol. The van der Waals surface area contributed by atoms with E-state index in [2.05, 4.69) is 16.9 Å². The van der Waals surface area contributed by atoms with E-state index in [0.29, 0.717) is 0 Å². The van der Waals surface area contributed by atoms with E-state index in [1.165, 1.54) is 25.7 Å². The summed E-state index contributed by atoms with van der Waals surface area (Å²) >= 11 is 0. The summed E-state index contributed by atoms with van der Waals surface area (Å²) in [6.07, 6.45) is 7.90. The summed E-state index contributed by atoms with van der Waals surface area (Å²) in [5.41, 5.74) is 8.33. The van der Waals surface area contributed by atoms with Crippen LogP contribution in [0.15, 0.2) is 5.11 Å². The molecule has 1 atom stereocenters. The predicted octanol–water partition coefficient (Wildman–Crippen LogP) is 3.83. The third kappa shape index (κ3) is 6.40. The Bertz CT molecular complexity index is 261. The topological polar surface area (TPSA) is 76.5 Å². The Morgan fingerprint density at radius 1 is 1.00 bits per heavy atom. The average Bonchev–Trinajstić information content (AvgIpc) is 2.45. The third-order valence-corrected chi connectivity index (χ3v) is 6.21. The van der Waals surface area contributed by atoms with E-state index in [0.717, 1.165) is 19.3 Å². The van der Waals surface area contributed by atoms with E-state index in [4.69, 9.17) is 18.8 Å². The molecule has 0 aromatic carbocycles. The number of azide groups is 1. The Hall–Kier alpha value is -0.593. The van der Waals surface area contributed by atoms with Gasteiger partial charge in [-0.15, -0.1) is 0 Å². The van der Waals surface area contributed by atoms with Crippen molar-refractivity contribution in [3.63, 3.8) is 0 Å². The van der Waals surface area contributed by atoms with Crippen LogP contribution in [-0.4, -0.2) is 35.8 Å². The van der Waals surface area contributed by atoms with E-state index < -0.39 is 8.80 Å². The number of rotatable bonds is 12. The number of hydrogen-bond donors (Lipinski definition) is 0. The van der Waals surface area contributed by atoms with Crippen LogP contribution in [0.2, 0.25) is 0 Å². The Kier molecular flexibility index (Phi) is 10.9. The second-order valence-electron chi connectivity index (χ2n) is 4.49. The zero-order chi connectivity index (χ0) is 14.6. The molecular formula is C12H27N3O3Si. The second-order valence-corrected chi connectivity index (χ2v) is 7.59. The molecule has 0 saturated carbocycles. The molecule has 0 rings (SSSR count). The molecule has 0 heterocycles. The fraction of sp³-hybridized carbons (Fsp3) is 1.00. The molecule has 0 spiro atoms. The van der Waals surface area contributed by atoms with Crippen molar-refractivity contribution >= 4 is 8.80 Å². The number of hydrogen-bond acceptors (Lipinski definition) is 4. The van der Waals surface area contributed by atoms with Crippen molar-refractivity contribution in [1.29, 1.82) is 0 Å². The maximum Gasteiger partial charge on any atom is 0.509 e. The van der Waals surface area contributed by atoms with Gasteiger partial charge in [0.2, 0.25) is 0 Å². The minimum atomic E-state index is -2.86. The highest BCUT2D eigenvalue weighted by molar-refractivity contribution is 6.62. The maximum absolute atomic E-state index is 8.67. The zero-order valence-electron chi connectivity index (χ0n) is 12.6. The summed E-state index contributed by atoms with van der Waals surface area (Å²) in [6, 6.07) is 0. The molecule has 6 nitrogen and oxygen atoms in total. The molecule has 0 fully saturated rings. The molecule has 0 aromatic rings. The van der Waals surface area contributed by atoms with Crippen LogP contribution in [0.4, 0.5) is 0 Å². The lowest BCUT2D eigenvalue weighted by molar-refractivity contribution is 0.111. The molecule has 1 unspecified atom stereocenters. The van der Waals surface area contributed by atoms with Crippen LogP contribution in [0.3, 0.4) is 0 Å². The van der Waals surface area contributed by atoms with Crippen molar-refractivity contribution in [3.05, 3.63) is 10.4 Å². The van der Waals surface area contributed by atoms with Crippen LogP contribution in [0.1, 0.15) is 51.9 Å². The summed E-state index contributed by atoms with van der Waals surface area (Å²) in [6.45, 7) is 2.20. The van der Waals surface area contributed by atoms with Crippen molar-refractivity contribution in [2.75, 3.05) is 21.3 Å². The van der Waals surface area contributed by atoms with Gasteiger partial charge < -0.3 is 13.3 Å². The van der Waals surface area contributed by atoms with E-state index in [9.17, 15) is 0 Å². The molecule has 0 bridgehead atoms. The van der Waals surface area contributed by atoms with Gasteiger partial charge in [0, 0.05) is 26.2 Å². The van der Waals surface area contributed by atoms with Gasteiger partial charge in [0.25, 0.3) is 0 Å². The molecule has 19 heavy (non-hydrogen) atoms. The predicted molar refractivity (Wildman–Crippen MR) is 77.7 cm³/mol. The highest BCUT2D eigenvalue weighted by atomic mass is 28.4. The van der Waals surface area contributed by atoms with Gasteiger partial charge in [-0.3, -0.25) is 0 Å². The van der Waals surface area contributed by atoms with Gasteiger partial charge >= 0.3 is 8.80 Å². The number of unbranched alkanes of at least 4 members (excludes halogenated alkanes) is 5. The molecule has 0 saturated heterocycles. The monoisotopic (exact) mass is 289 g/mol. The minimum absolute atomic E-state index is 0.344. The number of nitrogens with zero attached hydrogens (tertiary/aromatic N) is 3. The van der Waals surface area contributed by atoms with Gasteiger partial charge in [0.15, 0.2) is 0 Å². The molecule has 0 radical (unpaired) electrons. The summed E-state index contributed by atoms with van der Waals surface area (Å²) in [5.74, 6) is 0. The first-order valence-corrected chi connectivity index (χ1v) is 8.70. The Morgan fingerprint density at radius 3 is 2.00 bits per heavy atom. The summed E-state index contributed by atoms with van der Waals surface area (Å²) in [7, 11) is 1.76. The van der Waals surface area contributed by atoms with E-state index >= 15 is 0 Å². The molecule has 7 heteroatoms. The van der Waals surface area contributed by atoms with Crippen LogP contribution < -0.4 is 0 Å². The van der Waals surface area contributed by atoms with Gasteiger partial charge in [0.05, 0.1) is 0 Å². The van der Waals surface area contributed by atoms with Gasteiger partial charge in [-0.2, -0.15) is 0 Å². The summed E-state index contributed by atoms with van der Waals surface area (Å²) in [5, 5.41) is 3.81. The molecule has 0 aromatic heterocycles. The maximum atomic E-state index is 8.67. The lowest BCUT2D eigenvalue weighted by atomic mass is 10.1. The highest BCUT2D eigenvalue weighted by Crippen LogP contribution is 2.21. The first-order valence-electron chi connectivity index (χ1n) is 6.90. The molecule has 0 N–H and O–H groups in total. The fourth-order valence-electron chi connectivity index (χ4n) is 2.14. The van der Waals surface area contributed by atoms with Gasteiger partial charge in [-0.1, -0.05) is 50.6 Å². The molecular weight excluding hydrogens is 262 g/mol. The van der Waals surface area contributed by atoms with E-state index in [1.807, 2.05) is 0 Å². The van der Waals surface area contributed by atoms with Crippen molar-refractivity contribution in [3.8, 4) is 0 Å². The second kappa shape index (κ2) is 11.3. The van der Waals surface area contributed by atoms with Crippen molar-refractivity contribution in [2.45, 2.75) is 57.5 Å². The van der Waals surface area contributed by atoms with Crippen molar-refractivity contribution in [1.82, 2.24) is 0 Å². The zero-order valence-corrected chi connectivity index (χ0v) is 13.6. The molecule has 0 amide bonds. The lowest BCUT2D eigenvalue weighted by Gasteiger charge is -2.29. The molecule has 0 aliphatic heterocycles. The smallest absolute Gasteiger partial charge is 0.377 e. The normalized spacial score (nSPS) is 13.1. The highest BCUT2D eigenvalue weighted by Gasteiger charge is 2.46. The van der Waals surface area contributed by atoms with Gasteiger partial charge in [0.1, 0.15) is 5.67 Å². The van der Waals surface area contributed by atoms with Crippen LogP contribution >= 0.6 is 0 Å². The molecule has 0 aliphatic rings. The largest absolute Gasteiger partial charge is 0.509 e. The lowest BCUT2D eigenvalue weighted by Crippen LogP contribution is -2.53. The first-order chi connectivity index (χ1) is 9.20. The molecule has 112 valence electrons. The fourth-order valence-corrected chi connectivity index (χ4v) is 4.21. The quantitative estimate of drug-likeness (QED) is 0.180. The van der Waals surface area contributed by atoms with Crippen LogP contribution in [0.25, 0.3) is 10.4 Å². The summed E-state index contributed by atoms with van der Waals surface area (Å²) in [4.78, 5) is 2.89. The Morgan fingerprint density at radius 2 is 1.53 bits per heavy atom.